The molecule has 0 radical (unpaired) electrons. The number of aromatic hydroxyl groups is 1. The van der Waals surface area contributed by atoms with Crippen LogP contribution < -0.4 is 4.90 Å². The fourth-order valence-electron chi connectivity index (χ4n) is 3.30. The van der Waals surface area contributed by atoms with Crippen molar-refractivity contribution >= 4 is 16.7 Å². The van der Waals surface area contributed by atoms with E-state index in [-0.39, 0.29) is 11.7 Å². The van der Waals surface area contributed by atoms with Gasteiger partial charge in [0.2, 0.25) is 0 Å². The largest absolute Gasteiger partial charge is 0.507 e. The van der Waals surface area contributed by atoms with Gasteiger partial charge in [-0.1, -0.05) is 30.3 Å². The van der Waals surface area contributed by atoms with Gasteiger partial charge >= 0.3 is 5.97 Å². The summed E-state index contributed by atoms with van der Waals surface area (Å²) in [4.78, 5) is 12.8. The number of hydrogen-bond donors (Lipinski definition) is 3. The number of benzene rings is 2. The maximum Gasteiger partial charge on any atom is 0.364 e. The highest BCUT2D eigenvalue weighted by Crippen LogP contribution is 2.26. The summed E-state index contributed by atoms with van der Waals surface area (Å²) in [6.45, 7) is 0.951. The van der Waals surface area contributed by atoms with Crippen LogP contribution in [0.2, 0.25) is 0 Å². The van der Waals surface area contributed by atoms with Gasteiger partial charge in [0.05, 0.1) is 12.7 Å². The number of hydrogen-bond acceptors (Lipinski definition) is 4. The number of fused-ring (bicyclic) bond motifs is 1. The molecule has 5 nitrogen and oxygen atoms in total. The van der Waals surface area contributed by atoms with Gasteiger partial charge in [-0.3, -0.25) is 0 Å². The number of aliphatic hydroxyl groups excluding tert-OH is 1. The first-order valence-corrected chi connectivity index (χ1v) is 7.40. The van der Waals surface area contributed by atoms with Crippen LogP contribution in [0.3, 0.4) is 0 Å². The lowest BCUT2D eigenvalue weighted by Gasteiger charge is -2.20. The quantitative estimate of drug-likeness (QED) is 0.710. The summed E-state index contributed by atoms with van der Waals surface area (Å²) in [5.41, 5.74) is 0.802. The van der Waals surface area contributed by atoms with E-state index in [0.29, 0.717) is 19.5 Å². The Bertz CT molecular complexity index is 700. The third kappa shape index (κ3) is 2.65. The van der Waals surface area contributed by atoms with Crippen molar-refractivity contribution in [2.75, 3.05) is 13.7 Å². The van der Waals surface area contributed by atoms with E-state index < -0.39 is 12.1 Å². The number of esters is 1. The standard InChI is InChI=1S/C17H19NO4/c1-22-17(21)15-8-12(19)9-18(15)10-14-13-5-3-2-4-11(13)6-7-16(14)20/h2-7,12,15,19-20H,8-10H2,1H3/p+1/t12-,15-/m0/s1. The minimum Gasteiger partial charge on any atom is -0.507 e. The van der Waals surface area contributed by atoms with Gasteiger partial charge < -0.3 is 19.8 Å². The monoisotopic (exact) mass is 302 g/mol. The first kappa shape index (κ1) is 14.8. The molecule has 0 bridgehead atoms. The van der Waals surface area contributed by atoms with Crippen molar-refractivity contribution in [3.8, 4) is 5.75 Å². The molecule has 116 valence electrons. The lowest BCUT2D eigenvalue weighted by Crippen LogP contribution is -3.13. The molecule has 3 atom stereocenters. The molecule has 3 rings (SSSR count). The van der Waals surface area contributed by atoms with Crippen LogP contribution in [0.4, 0.5) is 0 Å². The Balaban J connectivity index is 1.95. The normalized spacial score (nSPS) is 24.5. The summed E-state index contributed by atoms with van der Waals surface area (Å²) in [5, 5.41) is 22.1. The van der Waals surface area contributed by atoms with E-state index in [9.17, 15) is 15.0 Å². The molecule has 0 aliphatic carbocycles. The van der Waals surface area contributed by atoms with E-state index in [1.54, 1.807) is 6.07 Å². The van der Waals surface area contributed by atoms with Gasteiger partial charge in [0, 0.05) is 6.42 Å². The number of phenolic OH excluding ortho intramolecular Hbond substituents is 1. The van der Waals surface area contributed by atoms with E-state index in [1.807, 2.05) is 30.3 Å². The van der Waals surface area contributed by atoms with Crippen molar-refractivity contribution in [1.82, 2.24) is 0 Å². The Morgan fingerprint density at radius 2 is 2.09 bits per heavy atom. The number of carbonyl (C=O) groups excluding carboxylic acids is 1. The van der Waals surface area contributed by atoms with Crippen molar-refractivity contribution in [2.45, 2.75) is 25.1 Å². The maximum absolute atomic E-state index is 11.9. The van der Waals surface area contributed by atoms with Crippen LogP contribution in [0, 0.1) is 0 Å². The van der Waals surface area contributed by atoms with Gasteiger partial charge in [0.25, 0.3) is 0 Å². The summed E-state index contributed by atoms with van der Waals surface area (Å²) >= 11 is 0. The lowest BCUT2D eigenvalue weighted by atomic mass is 10.0. The molecule has 5 heteroatoms. The van der Waals surface area contributed by atoms with Crippen LogP contribution in [-0.4, -0.2) is 42.0 Å². The van der Waals surface area contributed by atoms with Crippen LogP contribution in [0.15, 0.2) is 36.4 Å². The maximum atomic E-state index is 11.9. The van der Waals surface area contributed by atoms with Crippen molar-refractivity contribution in [3.63, 3.8) is 0 Å². The van der Waals surface area contributed by atoms with Crippen molar-refractivity contribution < 1.29 is 24.6 Å². The molecule has 0 spiro atoms. The van der Waals surface area contributed by atoms with Gasteiger partial charge in [0.1, 0.15) is 24.9 Å². The topological polar surface area (TPSA) is 71.2 Å². The summed E-state index contributed by atoms with van der Waals surface area (Å²) in [5.74, 6) is -0.0949. The van der Waals surface area contributed by atoms with Crippen LogP contribution in [0.5, 0.6) is 5.75 Å². The second-order valence-corrected chi connectivity index (χ2v) is 5.79. The van der Waals surface area contributed by atoms with E-state index in [1.165, 1.54) is 7.11 Å². The average molecular weight is 302 g/mol. The summed E-state index contributed by atoms with van der Waals surface area (Å²) < 4.78 is 4.83. The first-order valence-electron chi connectivity index (χ1n) is 7.40. The van der Waals surface area contributed by atoms with Crippen LogP contribution in [-0.2, 0) is 16.1 Å². The molecule has 1 fully saturated rings. The number of ether oxygens (including phenoxy) is 1. The number of aliphatic hydroxyl groups is 1. The molecule has 1 aliphatic rings. The zero-order chi connectivity index (χ0) is 15.7. The molecule has 1 heterocycles. The summed E-state index contributed by atoms with van der Waals surface area (Å²) in [6.07, 6.45) is -0.121. The highest BCUT2D eigenvalue weighted by atomic mass is 16.5. The highest BCUT2D eigenvalue weighted by molar-refractivity contribution is 5.87. The predicted octanol–water partition coefficient (Wildman–Crippen LogP) is 0.237. The second kappa shape index (κ2) is 5.94. The van der Waals surface area contributed by atoms with E-state index in [2.05, 4.69) is 0 Å². The Kier molecular flexibility index (Phi) is 4.00. The number of nitrogens with one attached hydrogen (secondary N) is 1. The number of phenols is 1. The molecule has 0 aromatic heterocycles. The minimum atomic E-state index is -0.517. The SMILES string of the molecule is COC(=O)[C@@H]1C[C@H](O)C[NH+]1Cc1c(O)ccc2ccccc12. The van der Waals surface area contributed by atoms with Crippen LogP contribution >= 0.6 is 0 Å². The van der Waals surface area contributed by atoms with Crippen LogP contribution in [0.1, 0.15) is 12.0 Å². The van der Waals surface area contributed by atoms with Gasteiger partial charge in [-0.25, -0.2) is 4.79 Å². The molecule has 2 aromatic carbocycles. The Hall–Kier alpha value is -2.11. The first-order chi connectivity index (χ1) is 10.6. The fraction of sp³-hybridized carbons (Fsp3) is 0.353. The zero-order valence-corrected chi connectivity index (χ0v) is 12.5. The molecule has 1 aliphatic heterocycles. The third-order valence-electron chi connectivity index (χ3n) is 4.40. The molecule has 0 saturated carbocycles. The van der Waals surface area contributed by atoms with Gasteiger partial charge in [-0.15, -0.1) is 0 Å². The molecule has 1 saturated heterocycles. The number of carbonyl (C=O) groups is 1. The smallest absolute Gasteiger partial charge is 0.364 e. The van der Waals surface area contributed by atoms with E-state index in [4.69, 9.17) is 4.74 Å². The molecule has 0 amide bonds. The molecule has 3 N–H and O–H groups in total. The predicted molar refractivity (Wildman–Crippen MR) is 81.6 cm³/mol. The van der Waals surface area contributed by atoms with E-state index in [0.717, 1.165) is 21.2 Å². The van der Waals surface area contributed by atoms with Gasteiger partial charge in [0.15, 0.2) is 6.04 Å². The molecular weight excluding hydrogens is 282 g/mol. The summed E-state index contributed by atoms with van der Waals surface area (Å²) in [7, 11) is 1.36. The molecule has 2 aromatic rings. The lowest BCUT2D eigenvalue weighted by molar-refractivity contribution is -0.918. The molecule has 22 heavy (non-hydrogen) atoms. The minimum absolute atomic E-state index is 0.219. The van der Waals surface area contributed by atoms with Crippen molar-refractivity contribution in [2.24, 2.45) is 0 Å². The highest BCUT2D eigenvalue weighted by Gasteiger charge is 2.41. The van der Waals surface area contributed by atoms with Gasteiger partial charge in [-0.2, -0.15) is 0 Å². The number of quaternary nitrogens is 1. The summed E-state index contributed by atoms with van der Waals surface area (Å²) in [6, 6.07) is 11.0. The third-order valence-corrected chi connectivity index (χ3v) is 4.40. The number of likely N-dealkylation sites (tertiary alicyclic amines) is 1. The molecular formula is C17H20NO4+. The van der Waals surface area contributed by atoms with E-state index >= 15 is 0 Å². The van der Waals surface area contributed by atoms with Crippen molar-refractivity contribution in [3.05, 3.63) is 42.0 Å². The number of methoxy groups -OCH3 is 1. The zero-order valence-electron chi connectivity index (χ0n) is 12.5. The van der Waals surface area contributed by atoms with Crippen LogP contribution in [0.25, 0.3) is 10.8 Å². The molecule has 1 unspecified atom stereocenters. The Morgan fingerprint density at radius 1 is 1.32 bits per heavy atom. The second-order valence-electron chi connectivity index (χ2n) is 5.79. The Morgan fingerprint density at radius 3 is 2.86 bits per heavy atom. The van der Waals surface area contributed by atoms with Crippen molar-refractivity contribution in [1.29, 1.82) is 0 Å². The number of rotatable bonds is 3. The fourth-order valence-corrected chi connectivity index (χ4v) is 3.30. The average Bonchev–Trinajstić information content (AvgIpc) is 2.90. The Labute approximate surface area is 128 Å². The van der Waals surface area contributed by atoms with Gasteiger partial charge in [-0.05, 0) is 16.8 Å².